The van der Waals surface area contributed by atoms with E-state index >= 15 is 0 Å². The number of carboxylic acids is 1. The van der Waals surface area contributed by atoms with Crippen LogP contribution in [0.2, 0.25) is 0 Å². The molecule has 7 rings (SSSR count). The number of para-hydroxylation sites is 3. The molecule has 0 unspecified atom stereocenters. The van der Waals surface area contributed by atoms with E-state index in [1.54, 1.807) is 18.2 Å². The van der Waals surface area contributed by atoms with Crippen molar-refractivity contribution < 1.29 is 14.7 Å². The average molecular weight is 580 g/mol. The standard InChI is InChI=1S/C34H37N5O4/c40-31(41)28-12-5-4-9-25(28)23-36-24-38(26-10-2-1-3-11-26)34(32(36)42)17-21-35(22-18-34)19-8-20-37-29-13-6-7-14-30(29)39(33(37)43)27-15-16-27/h1-7,9-14,27H,8,15-24H2,(H,40,41). The van der Waals surface area contributed by atoms with E-state index in [9.17, 15) is 19.5 Å². The molecule has 222 valence electrons. The van der Waals surface area contributed by atoms with Crippen molar-refractivity contribution in [3.8, 4) is 0 Å². The number of aromatic nitrogens is 2. The van der Waals surface area contributed by atoms with Gasteiger partial charge in [-0.2, -0.15) is 0 Å². The molecule has 2 saturated heterocycles. The van der Waals surface area contributed by atoms with E-state index in [1.807, 2.05) is 68.6 Å². The minimum atomic E-state index is -0.982. The summed E-state index contributed by atoms with van der Waals surface area (Å²) in [6.45, 7) is 3.79. The second-order valence-electron chi connectivity index (χ2n) is 12.1. The van der Waals surface area contributed by atoms with Crippen LogP contribution >= 0.6 is 0 Å². The Balaban J connectivity index is 1.06. The first kappa shape index (κ1) is 27.5. The Bertz CT molecular complexity index is 1720. The molecule has 3 aromatic carbocycles. The minimum Gasteiger partial charge on any atom is -0.478 e. The Morgan fingerprint density at radius 3 is 2.23 bits per heavy atom. The predicted octanol–water partition coefficient (Wildman–Crippen LogP) is 4.57. The van der Waals surface area contributed by atoms with Crippen molar-refractivity contribution in [3.63, 3.8) is 0 Å². The molecule has 2 aliphatic heterocycles. The number of carbonyl (C=O) groups is 2. The van der Waals surface area contributed by atoms with Crippen LogP contribution in [0.15, 0.2) is 83.7 Å². The molecule has 1 N–H and O–H groups in total. The Labute approximate surface area is 250 Å². The summed E-state index contributed by atoms with van der Waals surface area (Å²) in [5, 5.41) is 9.71. The molecule has 4 aromatic rings. The molecule has 0 radical (unpaired) electrons. The van der Waals surface area contributed by atoms with Gasteiger partial charge < -0.3 is 19.8 Å². The van der Waals surface area contributed by atoms with E-state index in [0.717, 1.165) is 55.6 Å². The Kier molecular flexibility index (Phi) is 7.05. The van der Waals surface area contributed by atoms with Gasteiger partial charge in [0, 0.05) is 37.9 Å². The lowest BCUT2D eigenvalue weighted by molar-refractivity contribution is -0.134. The molecule has 0 bridgehead atoms. The molecule has 1 spiro atoms. The van der Waals surface area contributed by atoms with Crippen molar-refractivity contribution in [2.45, 2.75) is 56.8 Å². The van der Waals surface area contributed by atoms with Gasteiger partial charge in [-0.15, -0.1) is 0 Å². The number of piperidine rings is 1. The van der Waals surface area contributed by atoms with Crippen LogP contribution in [0.1, 0.15) is 54.1 Å². The van der Waals surface area contributed by atoms with Crippen LogP contribution in [-0.2, 0) is 17.9 Å². The molecule has 3 aliphatic rings. The number of rotatable bonds is 9. The van der Waals surface area contributed by atoms with Crippen LogP contribution in [0.4, 0.5) is 5.69 Å². The van der Waals surface area contributed by atoms with Crippen molar-refractivity contribution in [2.24, 2.45) is 0 Å². The highest BCUT2D eigenvalue weighted by Gasteiger charge is 2.53. The van der Waals surface area contributed by atoms with Crippen LogP contribution < -0.4 is 10.6 Å². The van der Waals surface area contributed by atoms with Crippen molar-refractivity contribution in [1.82, 2.24) is 18.9 Å². The zero-order valence-corrected chi connectivity index (χ0v) is 24.3. The maximum atomic E-state index is 14.2. The number of hydrogen-bond acceptors (Lipinski definition) is 5. The second-order valence-corrected chi connectivity index (χ2v) is 12.1. The normalized spacial score (nSPS) is 18.7. The molecule has 1 aliphatic carbocycles. The molecule has 9 heteroatoms. The first-order valence-electron chi connectivity index (χ1n) is 15.3. The number of aromatic carboxylic acids is 1. The average Bonchev–Trinajstić information content (AvgIpc) is 3.78. The van der Waals surface area contributed by atoms with E-state index < -0.39 is 11.5 Å². The summed E-state index contributed by atoms with van der Waals surface area (Å²) in [4.78, 5) is 45.7. The Morgan fingerprint density at radius 2 is 1.51 bits per heavy atom. The summed E-state index contributed by atoms with van der Waals surface area (Å²) in [5.74, 6) is -0.916. The quantitative estimate of drug-likeness (QED) is 0.313. The number of aryl methyl sites for hydroxylation is 1. The number of carboxylic acid groups (broad SMARTS) is 1. The van der Waals surface area contributed by atoms with Gasteiger partial charge >= 0.3 is 11.7 Å². The van der Waals surface area contributed by atoms with Gasteiger partial charge in [0.15, 0.2) is 0 Å². The van der Waals surface area contributed by atoms with Crippen LogP contribution in [0, 0.1) is 0 Å². The zero-order valence-electron chi connectivity index (χ0n) is 24.3. The maximum Gasteiger partial charge on any atom is 0.336 e. The van der Waals surface area contributed by atoms with Gasteiger partial charge in [0.25, 0.3) is 0 Å². The largest absolute Gasteiger partial charge is 0.478 e. The number of anilines is 1. The van der Waals surface area contributed by atoms with Crippen molar-refractivity contribution in [3.05, 3.63) is 100 Å². The summed E-state index contributed by atoms with van der Waals surface area (Å²) in [6, 6.07) is 25.4. The highest BCUT2D eigenvalue weighted by molar-refractivity contribution is 5.94. The number of benzene rings is 3. The SMILES string of the molecule is O=C(O)c1ccccc1CN1CN(c2ccccc2)C2(CCN(CCCn3c(=O)n(C4CC4)c4ccccc43)CC2)C1=O. The third-order valence-electron chi connectivity index (χ3n) is 9.51. The zero-order chi connectivity index (χ0) is 29.6. The van der Waals surface area contributed by atoms with Gasteiger partial charge in [-0.3, -0.25) is 13.9 Å². The first-order chi connectivity index (χ1) is 21.0. The topological polar surface area (TPSA) is 91.0 Å². The van der Waals surface area contributed by atoms with Crippen molar-refractivity contribution >= 4 is 28.6 Å². The van der Waals surface area contributed by atoms with E-state index in [4.69, 9.17) is 0 Å². The molecule has 1 amide bonds. The van der Waals surface area contributed by atoms with E-state index in [-0.39, 0.29) is 23.7 Å². The van der Waals surface area contributed by atoms with Crippen LogP contribution in [-0.4, -0.2) is 67.8 Å². The lowest BCUT2D eigenvalue weighted by atomic mass is 9.85. The highest BCUT2D eigenvalue weighted by Crippen LogP contribution is 2.40. The van der Waals surface area contributed by atoms with E-state index in [2.05, 4.69) is 15.9 Å². The van der Waals surface area contributed by atoms with Crippen LogP contribution in [0.3, 0.4) is 0 Å². The number of likely N-dealkylation sites (tertiary alicyclic amines) is 1. The van der Waals surface area contributed by atoms with Crippen molar-refractivity contribution in [1.29, 1.82) is 0 Å². The van der Waals surface area contributed by atoms with Crippen LogP contribution in [0.5, 0.6) is 0 Å². The van der Waals surface area contributed by atoms with Gasteiger partial charge in [0.2, 0.25) is 5.91 Å². The van der Waals surface area contributed by atoms with Gasteiger partial charge in [-0.1, -0.05) is 48.5 Å². The fraction of sp³-hybridized carbons (Fsp3) is 0.382. The molecular formula is C34H37N5O4. The number of fused-ring (bicyclic) bond motifs is 1. The number of imidazole rings is 1. The molecule has 0 atom stereocenters. The molecule has 3 heterocycles. The second kappa shape index (κ2) is 11.0. The van der Waals surface area contributed by atoms with Crippen molar-refractivity contribution in [2.75, 3.05) is 31.2 Å². The van der Waals surface area contributed by atoms with Gasteiger partial charge in [0.1, 0.15) is 5.54 Å². The summed E-state index contributed by atoms with van der Waals surface area (Å²) in [7, 11) is 0. The lowest BCUT2D eigenvalue weighted by Gasteiger charge is -2.43. The summed E-state index contributed by atoms with van der Waals surface area (Å²) < 4.78 is 3.91. The number of carbonyl (C=O) groups excluding carboxylic acids is 1. The molecule has 43 heavy (non-hydrogen) atoms. The van der Waals surface area contributed by atoms with Gasteiger partial charge in [-0.25, -0.2) is 9.59 Å². The monoisotopic (exact) mass is 579 g/mol. The number of nitrogens with zero attached hydrogens (tertiary/aromatic N) is 5. The van der Waals surface area contributed by atoms with E-state index in [1.165, 1.54) is 0 Å². The molecule has 1 saturated carbocycles. The predicted molar refractivity (Wildman–Crippen MR) is 165 cm³/mol. The van der Waals surface area contributed by atoms with Gasteiger partial charge in [0.05, 0.1) is 23.3 Å². The Morgan fingerprint density at radius 1 is 0.837 bits per heavy atom. The first-order valence-corrected chi connectivity index (χ1v) is 15.3. The molecule has 9 nitrogen and oxygen atoms in total. The number of amides is 1. The highest BCUT2D eigenvalue weighted by atomic mass is 16.4. The third-order valence-corrected chi connectivity index (χ3v) is 9.51. The summed E-state index contributed by atoms with van der Waals surface area (Å²) in [5.41, 5.74) is 3.36. The molecule has 3 fully saturated rings. The Hall–Kier alpha value is -4.37. The fourth-order valence-electron chi connectivity index (χ4n) is 7.13. The lowest BCUT2D eigenvalue weighted by Crippen LogP contribution is -2.56. The number of hydrogen-bond donors (Lipinski definition) is 1. The third kappa shape index (κ3) is 4.91. The van der Waals surface area contributed by atoms with E-state index in [0.29, 0.717) is 37.7 Å². The van der Waals surface area contributed by atoms with Gasteiger partial charge in [-0.05, 0) is 74.5 Å². The smallest absolute Gasteiger partial charge is 0.336 e. The molecular weight excluding hydrogens is 542 g/mol. The van der Waals surface area contributed by atoms with Crippen LogP contribution in [0.25, 0.3) is 11.0 Å². The molecule has 1 aromatic heterocycles. The minimum absolute atomic E-state index is 0.0654. The maximum absolute atomic E-state index is 14.2. The summed E-state index contributed by atoms with van der Waals surface area (Å²) in [6.07, 6.45) is 4.40. The fourth-order valence-corrected chi connectivity index (χ4v) is 7.13. The summed E-state index contributed by atoms with van der Waals surface area (Å²) >= 11 is 0.